The van der Waals surface area contributed by atoms with Gasteiger partial charge in [0.15, 0.2) is 15.7 Å². The topological polar surface area (TPSA) is 113 Å². The van der Waals surface area contributed by atoms with E-state index in [-0.39, 0.29) is 33.8 Å². The highest BCUT2D eigenvalue weighted by atomic mass is 35.5. The van der Waals surface area contributed by atoms with Gasteiger partial charge in [-0.3, -0.25) is 5.10 Å². The van der Waals surface area contributed by atoms with Crippen LogP contribution < -0.4 is 10.6 Å². The number of anilines is 3. The predicted octanol–water partition coefficient (Wildman–Crippen LogP) is 2.75. The Morgan fingerprint density at radius 3 is 2.81 bits per heavy atom. The number of nitrogens with one attached hydrogen (secondary N) is 3. The lowest BCUT2D eigenvalue weighted by molar-refractivity contribution is 0.597. The number of aromatic nitrogens is 4. The number of rotatable bonds is 6. The summed E-state index contributed by atoms with van der Waals surface area (Å²) >= 11 is 6.06. The summed E-state index contributed by atoms with van der Waals surface area (Å²) in [6.07, 6.45) is 5.63. The number of hydrogen-bond acceptors (Lipinski definition) is 7. The summed E-state index contributed by atoms with van der Waals surface area (Å²) in [5, 5.41) is 12.5. The monoisotopic (exact) mass is 396 g/mol. The Bertz CT molecular complexity index is 1030. The molecule has 0 unspecified atom stereocenters. The average molecular weight is 397 g/mol. The van der Waals surface area contributed by atoms with Crippen molar-refractivity contribution in [2.24, 2.45) is 0 Å². The van der Waals surface area contributed by atoms with E-state index in [1.54, 1.807) is 12.4 Å². The molecule has 0 aliphatic heterocycles. The van der Waals surface area contributed by atoms with Crippen LogP contribution in [0.2, 0.25) is 5.02 Å². The zero-order valence-corrected chi connectivity index (χ0v) is 15.1. The molecule has 0 saturated heterocycles. The van der Waals surface area contributed by atoms with Crippen LogP contribution in [0.5, 0.6) is 0 Å². The quantitative estimate of drug-likeness (QED) is 0.549. The SMILES string of the molecule is CS(=O)(=O)c1ccc(F)c(CNc2nc(Nc3cn[nH]c3)ncc2Cl)c1. The lowest BCUT2D eigenvalue weighted by Crippen LogP contribution is -2.07. The van der Waals surface area contributed by atoms with Gasteiger partial charge in [-0.25, -0.2) is 17.8 Å². The van der Waals surface area contributed by atoms with Gasteiger partial charge >= 0.3 is 0 Å². The van der Waals surface area contributed by atoms with Crippen molar-refractivity contribution in [1.29, 1.82) is 0 Å². The van der Waals surface area contributed by atoms with E-state index < -0.39 is 15.7 Å². The standard InChI is InChI=1S/C15H14ClFN6O2S/c1-26(24,25)11-2-3-13(17)9(4-11)5-18-14-12(16)8-19-15(23-14)22-10-6-20-21-7-10/h2-4,6-8H,5H2,1H3,(H,20,21)(H2,18,19,22,23). The molecule has 0 radical (unpaired) electrons. The highest BCUT2D eigenvalue weighted by Crippen LogP contribution is 2.23. The van der Waals surface area contributed by atoms with Crippen molar-refractivity contribution < 1.29 is 12.8 Å². The molecule has 0 fully saturated rings. The molecule has 3 N–H and O–H groups in total. The summed E-state index contributed by atoms with van der Waals surface area (Å²) in [6, 6.07) is 3.61. The predicted molar refractivity (Wildman–Crippen MR) is 95.7 cm³/mol. The molecule has 0 aliphatic rings. The molecule has 3 rings (SSSR count). The minimum Gasteiger partial charge on any atom is -0.364 e. The largest absolute Gasteiger partial charge is 0.364 e. The van der Waals surface area contributed by atoms with Gasteiger partial charge in [0.1, 0.15) is 10.8 Å². The van der Waals surface area contributed by atoms with Gasteiger partial charge in [-0.2, -0.15) is 10.1 Å². The van der Waals surface area contributed by atoms with Crippen molar-refractivity contribution in [2.75, 3.05) is 16.9 Å². The van der Waals surface area contributed by atoms with Crippen LogP contribution in [0.4, 0.5) is 21.8 Å². The first kappa shape index (κ1) is 18.1. The molecule has 0 amide bonds. The van der Waals surface area contributed by atoms with E-state index in [0.29, 0.717) is 5.69 Å². The lowest BCUT2D eigenvalue weighted by atomic mass is 10.2. The molecule has 3 aromatic rings. The van der Waals surface area contributed by atoms with Crippen LogP contribution in [-0.4, -0.2) is 34.8 Å². The van der Waals surface area contributed by atoms with E-state index in [2.05, 4.69) is 30.8 Å². The van der Waals surface area contributed by atoms with Gasteiger partial charge in [0, 0.05) is 24.6 Å². The van der Waals surface area contributed by atoms with Crippen molar-refractivity contribution in [1.82, 2.24) is 20.2 Å². The van der Waals surface area contributed by atoms with Gasteiger partial charge in [0.25, 0.3) is 0 Å². The number of H-pyrrole nitrogens is 1. The average Bonchev–Trinajstić information content (AvgIpc) is 3.08. The molecule has 11 heteroatoms. The second kappa shape index (κ2) is 7.26. The second-order valence-corrected chi connectivity index (χ2v) is 7.80. The third-order valence-electron chi connectivity index (χ3n) is 3.39. The van der Waals surface area contributed by atoms with Crippen LogP contribution >= 0.6 is 11.6 Å². The second-order valence-electron chi connectivity index (χ2n) is 5.38. The maximum Gasteiger partial charge on any atom is 0.229 e. The van der Waals surface area contributed by atoms with Gasteiger partial charge in [-0.1, -0.05) is 11.6 Å². The van der Waals surface area contributed by atoms with Crippen molar-refractivity contribution in [3.63, 3.8) is 0 Å². The van der Waals surface area contributed by atoms with E-state index in [1.165, 1.54) is 18.3 Å². The molecule has 26 heavy (non-hydrogen) atoms. The first-order valence-electron chi connectivity index (χ1n) is 7.33. The molecule has 0 atom stereocenters. The molecule has 2 heterocycles. The summed E-state index contributed by atoms with van der Waals surface area (Å²) in [6.45, 7) is -0.00290. The third-order valence-corrected chi connectivity index (χ3v) is 4.78. The van der Waals surface area contributed by atoms with E-state index in [9.17, 15) is 12.8 Å². The first-order valence-corrected chi connectivity index (χ1v) is 9.60. The van der Waals surface area contributed by atoms with Crippen LogP contribution in [0, 0.1) is 5.82 Å². The Morgan fingerprint density at radius 1 is 1.31 bits per heavy atom. The van der Waals surface area contributed by atoms with Crippen LogP contribution in [0.3, 0.4) is 0 Å². The molecule has 8 nitrogen and oxygen atoms in total. The summed E-state index contributed by atoms with van der Waals surface area (Å²) in [7, 11) is -3.43. The normalized spacial score (nSPS) is 11.3. The fourth-order valence-electron chi connectivity index (χ4n) is 2.10. The van der Waals surface area contributed by atoms with Gasteiger partial charge in [-0.15, -0.1) is 0 Å². The van der Waals surface area contributed by atoms with Crippen LogP contribution in [0.25, 0.3) is 0 Å². The minimum absolute atomic E-state index is 0.00290. The number of benzene rings is 1. The van der Waals surface area contributed by atoms with Crippen molar-refractivity contribution in [3.05, 3.63) is 53.2 Å². The van der Waals surface area contributed by atoms with Crippen molar-refractivity contribution >= 4 is 38.9 Å². The van der Waals surface area contributed by atoms with Gasteiger partial charge in [0.05, 0.1) is 23.0 Å². The Kier molecular flexibility index (Phi) is 5.05. The molecule has 0 bridgehead atoms. The zero-order valence-electron chi connectivity index (χ0n) is 13.5. The summed E-state index contributed by atoms with van der Waals surface area (Å²) < 4.78 is 37.2. The smallest absolute Gasteiger partial charge is 0.229 e. The molecule has 0 saturated carbocycles. The van der Waals surface area contributed by atoms with Crippen LogP contribution in [0.1, 0.15) is 5.56 Å². The summed E-state index contributed by atoms with van der Waals surface area (Å²) in [4.78, 5) is 8.29. The summed E-state index contributed by atoms with van der Waals surface area (Å²) in [5.41, 5.74) is 0.831. The minimum atomic E-state index is -3.43. The maximum atomic E-state index is 14.0. The van der Waals surface area contributed by atoms with E-state index >= 15 is 0 Å². The van der Waals surface area contributed by atoms with Crippen LogP contribution in [0.15, 0.2) is 41.7 Å². The number of aromatic amines is 1. The molecular weight excluding hydrogens is 383 g/mol. The molecule has 1 aromatic carbocycles. The number of sulfone groups is 1. The maximum absolute atomic E-state index is 14.0. The molecular formula is C15H14ClFN6O2S. The van der Waals surface area contributed by atoms with E-state index in [1.807, 2.05) is 0 Å². The Morgan fingerprint density at radius 2 is 2.12 bits per heavy atom. The number of halogens is 2. The Labute approximate surface area is 153 Å². The van der Waals surface area contributed by atoms with E-state index in [0.717, 1.165) is 12.3 Å². The third kappa shape index (κ3) is 4.27. The van der Waals surface area contributed by atoms with Gasteiger partial charge in [0.2, 0.25) is 5.95 Å². The highest BCUT2D eigenvalue weighted by molar-refractivity contribution is 7.90. The lowest BCUT2D eigenvalue weighted by Gasteiger charge is -2.11. The fourth-order valence-corrected chi connectivity index (χ4v) is 2.93. The van der Waals surface area contributed by atoms with Crippen LogP contribution in [-0.2, 0) is 16.4 Å². The van der Waals surface area contributed by atoms with Gasteiger partial charge in [-0.05, 0) is 18.2 Å². The molecule has 0 spiro atoms. The Hall–Kier alpha value is -2.72. The van der Waals surface area contributed by atoms with Crippen molar-refractivity contribution in [2.45, 2.75) is 11.4 Å². The number of nitrogens with zero attached hydrogens (tertiary/aromatic N) is 3. The molecule has 136 valence electrons. The van der Waals surface area contributed by atoms with E-state index in [4.69, 9.17) is 11.6 Å². The summed E-state index contributed by atoms with van der Waals surface area (Å²) in [5.74, 6) is 0.00676. The molecule has 0 aliphatic carbocycles. The fraction of sp³-hybridized carbons (Fsp3) is 0.133. The van der Waals surface area contributed by atoms with Crippen molar-refractivity contribution in [3.8, 4) is 0 Å². The number of hydrogen-bond donors (Lipinski definition) is 3. The molecule has 2 aromatic heterocycles. The van der Waals surface area contributed by atoms with Gasteiger partial charge < -0.3 is 10.6 Å². The Balaban J connectivity index is 1.79. The first-order chi connectivity index (χ1) is 12.3. The highest BCUT2D eigenvalue weighted by Gasteiger charge is 2.12. The zero-order chi connectivity index (χ0) is 18.7.